The first-order valence-corrected chi connectivity index (χ1v) is 8.32. The first-order valence-electron chi connectivity index (χ1n) is 7.44. The summed E-state index contributed by atoms with van der Waals surface area (Å²) in [6.45, 7) is 0. The molecular formula is C17H14N2O5S. The van der Waals surface area contributed by atoms with Gasteiger partial charge in [0.15, 0.2) is 0 Å². The van der Waals surface area contributed by atoms with Gasteiger partial charge in [-0.3, -0.25) is 19.3 Å². The Morgan fingerprint density at radius 1 is 1.16 bits per heavy atom. The van der Waals surface area contributed by atoms with E-state index in [0.717, 1.165) is 4.90 Å². The van der Waals surface area contributed by atoms with Crippen LogP contribution in [0.2, 0.25) is 0 Å². The zero-order valence-corrected chi connectivity index (χ0v) is 14.1. The number of methoxy groups -OCH3 is 1. The average Bonchev–Trinajstić information content (AvgIpc) is 3.20. The summed E-state index contributed by atoms with van der Waals surface area (Å²) in [5.41, 5.74) is 0.899. The monoisotopic (exact) mass is 358 g/mol. The van der Waals surface area contributed by atoms with Gasteiger partial charge in [0.1, 0.15) is 5.00 Å². The van der Waals surface area contributed by atoms with Crippen molar-refractivity contribution in [2.75, 3.05) is 17.3 Å². The largest absolute Gasteiger partial charge is 0.465 e. The van der Waals surface area contributed by atoms with Crippen molar-refractivity contribution in [3.05, 3.63) is 46.8 Å². The van der Waals surface area contributed by atoms with E-state index in [1.54, 1.807) is 29.6 Å². The second-order valence-corrected chi connectivity index (χ2v) is 6.20. The van der Waals surface area contributed by atoms with Crippen molar-refractivity contribution in [3.8, 4) is 0 Å². The Morgan fingerprint density at radius 3 is 2.56 bits per heavy atom. The molecule has 0 aliphatic carbocycles. The average molecular weight is 358 g/mol. The quantitative estimate of drug-likeness (QED) is 0.669. The van der Waals surface area contributed by atoms with E-state index in [1.165, 1.54) is 24.5 Å². The van der Waals surface area contributed by atoms with Gasteiger partial charge in [0, 0.05) is 18.4 Å². The molecule has 7 nitrogen and oxygen atoms in total. The van der Waals surface area contributed by atoms with Crippen LogP contribution in [0.1, 0.15) is 33.6 Å². The number of imide groups is 1. The molecule has 1 aromatic carbocycles. The van der Waals surface area contributed by atoms with E-state index in [4.69, 9.17) is 0 Å². The van der Waals surface area contributed by atoms with Crippen LogP contribution < -0.4 is 10.2 Å². The molecule has 0 saturated carbocycles. The maximum Gasteiger partial charge on any atom is 0.340 e. The predicted molar refractivity (Wildman–Crippen MR) is 91.8 cm³/mol. The Morgan fingerprint density at radius 2 is 1.88 bits per heavy atom. The minimum Gasteiger partial charge on any atom is -0.465 e. The van der Waals surface area contributed by atoms with Crippen LogP contribution in [0.5, 0.6) is 0 Å². The topological polar surface area (TPSA) is 92.8 Å². The number of esters is 1. The van der Waals surface area contributed by atoms with Crippen LogP contribution in [-0.4, -0.2) is 30.8 Å². The summed E-state index contributed by atoms with van der Waals surface area (Å²) in [6, 6.07) is 7.79. The zero-order chi connectivity index (χ0) is 18.0. The lowest BCUT2D eigenvalue weighted by Crippen LogP contribution is -2.28. The van der Waals surface area contributed by atoms with E-state index >= 15 is 0 Å². The highest BCUT2D eigenvalue weighted by atomic mass is 32.1. The summed E-state index contributed by atoms with van der Waals surface area (Å²) >= 11 is 1.20. The molecule has 1 saturated heterocycles. The number of benzene rings is 1. The summed E-state index contributed by atoms with van der Waals surface area (Å²) < 4.78 is 4.67. The first-order chi connectivity index (χ1) is 12.0. The molecule has 0 radical (unpaired) electrons. The first kappa shape index (κ1) is 16.8. The molecule has 1 aromatic heterocycles. The molecule has 0 atom stereocenters. The van der Waals surface area contributed by atoms with Gasteiger partial charge in [-0.25, -0.2) is 4.79 Å². The second-order valence-electron chi connectivity index (χ2n) is 5.28. The van der Waals surface area contributed by atoms with Gasteiger partial charge in [0.2, 0.25) is 11.8 Å². The number of anilines is 2. The molecule has 8 heteroatoms. The summed E-state index contributed by atoms with van der Waals surface area (Å²) in [5.74, 6) is -1.56. The standard InChI is InChI=1S/C17H14N2O5S/c1-24-17(23)12-7-8-25-16(12)18-15(22)10-3-2-4-11(9-10)19-13(20)5-6-14(19)21/h2-4,7-9H,5-6H2,1H3,(H,18,22). The molecule has 0 unspecified atom stereocenters. The Balaban J connectivity index is 1.83. The third kappa shape index (κ3) is 3.29. The van der Waals surface area contributed by atoms with Crippen LogP contribution >= 0.6 is 11.3 Å². The van der Waals surface area contributed by atoms with Crippen LogP contribution in [-0.2, 0) is 14.3 Å². The Kier molecular flexibility index (Phi) is 4.62. The number of hydrogen-bond acceptors (Lipinski definition) is 6. The summed E-state index contributed by atoms with van der Waals surface area (Å²) in [6.07, 6.45) is 0.347. The summed E-state index contributed by atoms with van der Waals surface area (Å²) in [5, 5.41) is 4.69. The number of nitrogens with one attached hydrogen (secondary N) is 1. The number of hydrogen-bond donors (Lipinski definition) is 1. The lowest BCUT2D eigenvalue weighted by Gasteiger charge is -2.14. The Labute approximate surface area is 147 Å². The van der Waals surface area contributed by atoms with Crippen molar-refractivity contribution in [3.63, 3.8) is 0 Å². The van der Waals surface area contributed by atoms with Gasteiger partial charge in [-0.15, -0.1) is 11.3 Å². The molecule has 0 spiro atoms. The number of carbonyl (C=O) groups is 4. The highest BCUT2D eigenvalue weighted by Crippen LogP contribution is 2.26. The maximum absolute atomic E-state index is 12.5. The van der Waals surface area contributed by atoms with Gasteiger partial charge in [0.25, 0.3) is 5.91 Å². The van der Waals surface area contributed by atoms with E-state index in [0.29, 0.717) is 10.7 Å². The number of nitrogens with zero attached hydrogens (tertiary/aromatic N) is 1. The van der Waals surface area contributed by atoms with Crippen molar-refractivity contribution < 1.29 is 23.9 Å². The smallest absolute Gasteiger partial charge is 0.340 e. The van der Waals surface area contributed by atoms with Crippen LogP contribution in [0.15, 0.2) is 35.7 Å². The van der Waals surface area contributed by atoms with Gasteiger partial charge in [-0.1, -0.05) is 6.07 Å². The molecule has 25 heavy (non-hydrogen) atoms. The van der Waals surface area contributed by atoms with Crippen LogP contribution in [0.3, 0.4) is 0 Å². The number of carbonyl (C=O) groups excluding carboxylic acids is 4. The molecule has 1 N–H and O–H groups in total. The molecule has 1 fully saturated rings. The van der Waals surface area contributed by atoms with Gasteiger partial charge in [-0.05, 0) is 29.6 Å². The molecule has 128 valence electrons. The van der Waals surface area contributed by atoms with Crippen molar-refractivity contribution >= 4 is 45.7 Å². The van der Waals surface area contributed by atoms with Crippen LogP contribution in [0, 0.1) is 0 Å². The third-order valence-corrected chi connectivity index (χ3v) is 4.55. The van der Waals surface area contributed by atoms with Crippen molar-refractivity contribution in [2.24, 2.45) is 0 Å². The minimum absolute atomic E-state index is 0.174. The molecule has 3 rings (SSSR count). The van der Waals surface area contributed by atoms with E-state index in [2.05, 4.69) is 10.1 Å². The molecule has 3 amide bonds. The fraction of sp³-hybridized carbons (Fsp3) is 0.176. The SMILES string of the molecule is COC(=O)c1ccsc1NC(=O)c1cccc(N2C(=O)CCC2=O)c1. The summed E-state index contributed by atoms with van der Waals surface area (Å²) in [7, 11) is 1.26. The number of thiophene rings is 1. The van der Waals surface area contributed by atoms with Gasteiger partial charge in [0.05, 0.1) is 18.4 Å². The molecule has 0 bridgehead atoms. The van der Waals surface area contributed by atoms with Gasteiger partial charge >= 0.3 is 5.97 Å². The molecular weight excluding hydrogens is 344 g/mol. The molecule has 2 heterocycles. The van der Waals surface area contributed by atoms with Gasteiger partial charge < -0.3 is 10.1 Å². The third-order valence-electron chi connectivity index (χ3n) is 3.72. The number of amides is 3. The van der Waals surface area contributed by atoms with Crippen molar-refractivity contribution in [1.82, 2.24) is 0 Å². The van der Waals surface area contributed by atoms with Crippen molar-refractivity contribution in [2.45, 2.75) is 12.8 Å². The highest BCUT2D eigenvalue weighted by Gasteiger charge is 2.30. The lowest BCUT2D eigenvalue weighted by atomic mass is 10.1. The lowest BCUT2D eigenvalue weighted by molar-refractivity contribution is -0.121. The molecule has 1 aliphatic heterocycles. The van der Waals surface area contributed by atoms with E-state index in [9.17, 15) is 19.2 Å². The maximum atomic E-state index is 12.5. The Hall–Kier alpha value is -3.00. The fourth-order valence-electron chi connectivity index (χ4n) is 2.50. The Bertz CT molecular complexity index is 857. The van der Waals surface area contributed by atoms with Crippen LogP contribution in [0.4, 0.5) is 10.7 Å². The summed E-state index contributed by atoms with van der Waals surface area (Å²) in [4.78, 5) is 48.9. The highest BCUT2D eigenvalue weighted by molar-refractivity contribution is 7.14. The number of rotatable bonds is 4. The zero-order valence-electron chi connectivity index (χ0n) is 13.3. The normalized spacial score (nSPS) is 13.9. The van der Waals surface area contributed by atoms with Gasteiger partial charge in [-0.2, -0.15) is 0 Å². The fourth-order valence-corrected chi connectivity index (χ4v) is 3.27. The molecule has 2 aromatic rings. The second kappa shape index (κ2) is 6.86. The molecule has 1 aliphatic rings. The predicted octanol–water partition coefficient (Wildman–Crippen LogP) is 2.44. The van der Waals surface area contributed by atoms with E-state index in [-0.39, 0.29) is 35.8 Å². The van der Waals surface area contributed by atoms with E-state index in [1.807, 2.05) is 0 Å². The minimum atomic E-state index is -0.543. The van der Waals surface area contributed by atoms with Crippen molar-refractivity contribution in [1.29, 1.82) is 0 Å². The van der Waals surface area contributed by atoms with Crippen LogP contribution in [0.25, 0.3) is 0 Å². The van der Waals surface area contributed by atoms with E-state index < -0.39 is 11.9 Å². The number of ether oxygens (including phenoxy) is 1.